The summed E-state index contributed by atoms with van der Waals surface area (Å²) in [6.07, 6.45) is 2.37. The first-order chi connectivity index (χ1) is 6.77. The number of hydrogen-bond donors (Lipinski definition) is 1. The summed E-state index contributed by atoms with van der Waals surface area (Å²) < 4.78 is 7.59. The van der Waals surface area contributed by atoms with Gasteiger partial charge in [0.25, 0.3) is 0 Å². The molecule has 0 aliphatic carbocycles. The highest BCUT2D eigenvalue weighted by Crippen LogP contribution is 2.10. The van der Waals surface area contributed by atoms with Gasteiger partial charge in [-0.25, -0.2) is 0 Å². The molecule has 2 heterocycles. The highest BCUT2D eigenvalue weighted by Gasteiger charge is 2.14. The number of aromatic nitrogens is 1. The lowest BCUT2D eigenvalue weighted by Crippen LogP contribution is -2.36. The minimum absolute atomic E-state index is 0.466. The summed E-state index contributed by atoms with van der Waals surface area (Å²) in [6, 6.07) is 4.73. The highest BCUT2D eigenvalue weighted by atomic mass is 16.5. The molecular formula is C11H18N2O. The van der Waals surface area contributed by atoms with Crippen molar-refractivity contribution in [2.75, 3.05) is 18.6 Å². The van der Waals surface area contributed by atoms with Crippen molar-refractivity contribution in [1.82, 2.24) is 4.68 Å². The Labute approximate surface area is 85.0 Å². The summed E-state index contributed by atoms with van der Waals surface area (Å²) in [6.45, 7) is 5.98. The van der Waals surface area contributed by atoms with Gasteiger partial charge in [0.15, 0.2) is 0 Å². The summed E-state index contributed by atoms with van der Waals surface area (Å²) in [5.74, 6) is 0. The Bertz CT molecular complexity index is 281. The monoisotopic (exact) mass is 194 g/mol. The van der Waals surface area contributed by atoms with E-state index in [0.717, 1.165) is 19.6 Å². The molecule has 0 amide bonds. The average Bonchev–Trinajstić information content (AvgIpc) is 2.51. The minimum Gasteiger partial charge on any atom is -0.379 e. The lowest BCUT2D eigenvalue weighted by Gasteiger charge is -2.26. The zero-order chi connectivity index (χ0) is 9.97. The fourth-order valence-corrected chi connectivity index (χ4v) is 1.90. The van der Waals surface area contributed by atoms with E-state index in [0.29, 0.717) is 6.04 Å². The summed E-state index contributed by atoms with van der Waals surface area (Å²) >= 11 is 0. The summed E-state index contributed by atoms with van der Waals surface area (Å²) in [7, 11) is 0. The smallest absolute Gasteiger partial charge is 0.0683 e. The Morgan fingerprint density at radius 3 is 2.64 bits per heavy atom. The Hall–Kier alpha value is -0.960. The zero-order valence-electron chi connectivity index (χ0n) is 8.92. The van der Waals surface area contributed by atoms with Crippen LogP contribution in [0.4, 0.5) is 0 Å². The third-order valence-electron chi connectivity index (χ3n) is 2.74. The molecule has 0 saturated carbocycles. The van der Waals surface area contributed by atoms with Gasteiger partial charge in [0.2, 0.25) is 0 Å². The molecular weight excluding hydrogens is 176 g/mol. The van der Waals surface area contributed by atoms with E-state index in [2.05, 4.69) is 36.1 Å². The molecule has 14 heavy (non-hydrogen) atoms. The second kappa shape index (κ2) is 4.05. The van der Waals surface area contributed by atoms with Crippen molar-refractivity contribution < 1.29 is 4.74 Å². The van der Waals surface area contributed by atoms with Crippen LogP contribution < -0.4 is 5.43 Å². The van der Waals surface area contributed by atoms with Gasteiger partial charge >= 0.3 is 0 Å². The molecule has 3 heteroatoms. The molecule has 0 radical (unpaired) electrons. The lowest BCUT2D eigenvalue weighted by molar-refractivity contribution is 0.0841. The van der Waals surface area contributed by atoms with E-state index >= 15 is 0 Å². The zero-order valence-corrected chi connectivity index (χ0v) is 8.92. The second-order valence-corrected chi connectivity index (χ2v) is 3.99. The van der Waals surface area contributed by atoms with Crippen LogP contribution in [0.3, 0.4) is 0 Å². The van der Waals surface area contributed by atoms with E-state index in [4.69, 9.17) is 4.74 Å². The first-order valence-electron chi connectivity index (χ1n) is 5.26. The molecule has 78 valence electrons. The maximum absolute atomic E-state index is 5.43. The SMILES string of the molecule is Cc1ccc(C)n1NC1CCCOC1. The van der Waals surface area contributed by atoms with Gasteiger partial charge in [0.05, 0.1) is 12.6 Å². The highest BCUT2D eigenvalue weighted by molar-refractivity contribution is 5.15. The van der Waals surface area contributed by atoms with E-state index < -0.39 is 0 Å². The third-order valence-corrected chi connectivity index (χ3v) is 2.74. The van der Waals surface area contributed by atoms with Crippen LogP contribution in [0.5, 0.6) is 0 Å². The normalized spacial score (nSPS) is 22.3. The number of ether oxygens (including phenoxy) is 1. The standard InChI is InChI=1S/C11H18N2O/c1-9-5-6-10(2)13(9)12-11-4-3-7-14-8-11/h5-6,11-12H,3-4,7-8H2,1-2H3. The first-order valence-corrected chi connectivity index (χ1v) is 5.26. The van der Waals surface area contributed by atoms with Crippen LogP contribution in [-0.4, -0.2) is 23.9 Å². The van der Waals surface area contributed by atoms with Gasteiger partial charge in [-0.2, -0.15) is 0 Å². The van der Waals surface area contributed by atoms with E-state index in [1.165, 1.54) is 17.8 Å². The second-order valence-electron chi connectivity index (χ2n) is 3.99. The van der Waals surface area contributed by atoms with Crippen LogP contribution in [0.25, 0.3) is 0 Å². The molecule has 1 atom stereocenters. The van der Waals surface area contributed by atoms with Crippen molar-refractivity contribution in [3.8, 4) is 0 Å². The molecule has 1 aliphatic heterocycles. The van der Waals surface area contributed by atoms with Crippen molar-refractivity contribution in [2.45, 2.75) is 32.7 Å². The van der Waals surface area contributed by atoms with Gasteiger partial charge in [-0.15, -0.1) is 0 Å². The minimum atomic E-state index is 0.466. The Balaban J connectivity index is 2.02. The Kier molecular flexibility index (Phi) is 2.77. The van der Waals surface area contributed by atoms with E-state index in [9.17, 15) is 0 Å². The average molecular weight is 194 g/mol. The number of aryl methyl sites for hydroxylation is 2. The quantitative estimate of drug-likeness (QED) is 0.777. The Morgan fingerprint density at radius 2 is 2.07 bits per heavy atom. The van der Waals surface area contributed by atoms with Crippen molar-refractivity contribution >= 4 is 0 Å². The van der Waals surface area contributed by atoms with E-state index in [1.807, 2.05) is 0 Å². The molecule has 0 aromatic carbocycles. The molecule has 1 fully saturated rings. The molecule has 1 N–H and O–H groups in total. The van der Waals surface area contributed by atoms with Crippen LogP contribution in [0.2, 0.25) is 0 Å². The van der Waals surface area contributed by atoms with Crippen LogP contribution >= 0.6 is 0 Å². The van der Waals surface area contributed by atoms with Gasteiger partial charge in [-0.1, -0.05) is 0 Å². The third kappa shape index (κ3) is 1.93. The maximum Gasteiger partial charge on any atom is 0.0683 e. The Morgan fingerprint density at radius 1 is 1.36 bits per heavy atom. The predicted molar refractivity (Wildman–Crippen MR) is 57.1 cm³/mol. The van der Waals surface area contributed by atoms with Gasteiger partial charge < -0.3 is 10.2 Å². The molecule has 3 nitrogen and oxygen atoms in total. The van der Waals surface area contributed by atoms with Crippen molar-refractivity contribution in [3.05, 3.63) is 23.5 Å². The van der Waals surface area contributed by atoms with Crippen molar-refractivity contribution in [1.29, 1.82) is 0 Å². The molecule has 1 aromatic heterocycles. The number of nitrogens with one attached hydrogen (secondary N) is 1. The van der Waals surface area contributed by atoms with Crippen molar-refractivity contribution in [2.24, 2.45) is 0 Å². The van der Waals surface area contributed by atoms with Gasteiger partial charge in [-0.3, -0.25) is 4.68 Å². The van der Waals surface area contributed by atoms with Gasteiger partial charge in [-0.05, 0) is 38.8 Å². The summed E-state index contributed by atoms with van der Waals surface area (Å²) in [4.78, 5) is 0. The summed E-state index contributed by atoms with van der Waals surface area (Å²) in [5, 5.41) is 0. The molecule has 0 spiro atoms. The van der Waals surface area contributed by atoms with Crippen LogP contribution in [0, 0.1) is 13.8 Å². The van der Waals surface area contributed by atoms with Gasteiger partial charge in [0, 0.05) is 18.0 Å². The molecule has 1 saturated heterocycles. The van der Waals surface area contributed by atoms with Gasteiger partial charge in [0.1, 0.15) is 0 Å². The molecule has 1 aromatic rings. The van der Waals surface area contributed by atoms with Crippen LogP contribution in [0.1, 0.15) is 24.2 Å². The molecule has 1 aliphatic rings. The fraction of sp³-hybridized carbons (Fsp3) is 0.636. The summed E-state index contributed by atoms with van der Waals surface area (Å²) in [5.41, 5.74) is 6.00. The fourth-order valence-electron chi connectivity index (χ4n) is 1.90. The van der Waals surface area contributed by atoms with Crippen LogP contribution in [-0.2, 0) is 4.74 Å². The van der Waals surface area contributed by atoms with E-state index in [-0.39, 0.29) is 0 Å². The van der Waals surface area contributed by atoms with E-state index in [1.54, 1.807) is 0 Å². The maximum atomic E-state index is 5.43. The number of nitrogens with zero attached hydrogens (tertiary/aromatic N) is 1. The van der Waals surface area contributed by atoms with Crippen molar-refractivity contribution in [3.63, 3.8) is 0 Å². The molecule has 1 unspecified atom stereocenters. The molecule has 0 bridgehead atoms. The number of rotatable bonds is 2. The lowest BCUT2D eigenvalue weighted by atomic mass is 10.1. The number of hydrogen-bond acceptors (Lipinski definition) is 2. The predicted octanol–water partition coefficient (Wildman–Crippen LogP) is 1.83. The molecule has 2 rings (SSSR count). The largest absolute Gasteiger partial charge is 0.379 e. The first kappa shape index (κ1) is 9.59. The van der Waals surface area contributed by atoms with Crippen LogP contribution in [0.15, 0.2) is 12.1 Å². The topological polar surface area (TPSA) is 26.2 Å².